The second kappa shape index (κ2) is 17.3. The molecule has 1 N–H and O–H groups in total. The Balaban J connectivity index is 0. The number of benzene rings is 1. The molecule has 0 saturated heterocycles. The molecule has 1 aromatic rings. The van der Waals surface area contributed by atoms with Crippen LogP contribution in [0.3, 0.4) is 0 Å². The third-order valence-electron chi connectivity index (χ3n) is 3.27. The summed E-state index contributed by atoms with van der Waals surface area (Å²) in [6, 6.07) is 7.39. The first kappa shape index (κ1) is 27.1. The summed E-state index contributed by atoms with van der Waals surface area (Å²) >= 11 is 0. The average molecular weight is 384 g/mol. The monoisotopic (exact) mass is 384 g/mol. The standard InChI is InChI=1S/C15H24O.C2H6O5S.Na/c1-2-3-4-5-6-7-8-11-14-12-9-10-13-15(14)16;1-2-6-7-8(3,4)5;/h9-10,12-13,16H,2-8,11H2,1H3;2H2,1H3,(H,3,4,5);/q;;+1/p-1. The number of hydrogen-bond acceptors (Lipinski definition) is 5. The SMILES string of the molecule is CCCCCCCCCc1ccccc1[O-].CCOOS(=O)(=O)O.[Na+]. The first-order valence-corrected chi connectivity index (χ1v) is 9.80. The molecule has 140 valence electrons. The van der Waals surface area contributed by atoms with Crippen molar-refractivity contribution in [3.8, 4) is 5.75 Å². The van der Waals surface area contributed by atoms with Crippen LogP contribution in [-0.2, 0) is 26.0 Å². The van der Waals surface area contributed by atoms with Crippen LogP contribution in [-0.4, -0.2) is 19.6 Å². The molecule has 0 aliphatic rings. The van der Waals surface area contributed by atoms with Crippen molar-refractivity contribution in [1.29, 1.82) is 0 Å². The number of hydrogen-bond donors (Lipinski definition) is 1. The van der Waals surface area contributed by atoms with E-state index in [9.17, 15) is 13.5 Å². The van der Waals surface area contributed by atoms with Crippen LogP contribution in [0, 0.1) is 0 Å². The maximum atomic E-state index is 11.4. The second-order valence-corrected chi connectivity index (χ2v) is 6.37. The van der Waals surface area contributed by atoms with Crippen molar-refractivity contribution in [2.45, 2.75) is 65.2 Å². The second-order valence-electron chi connectivity index (χ2n) is 5.38. The van der Waals surface area contributed by atoms with Gasteiger partial charge >= 0.3 is 40.0 Å². The van der Waals surface area contributed by atoms with Crippen LogP contribution in [0.4, 0.5) is 0 Å². The smallest absolute Gasteiger partial charge is 0.872 e. The molecule has 0 spiro atoms. The molecule has 25 heavy (non-hydrogen) atoms. The largest absolute Gasteiger partial charge is 1.00 e. The van der Waals surface area contributed by atoms with E-state index < -0.39 is 10.4 Å². The van der Waals surface area contributed by atoms with Gasteiger partial charge in [-0.2, -0.15) is 8.42 Å². The topological polar surface area (TPSA) is 95.9 Å². The summed E-state index contributed by atoms with van der Waals surface area (Å²) < 4.78 is 30.4. The molecule has 0 heterocycles. The van der Waals surface area contributed by atoms with Gasteiger partial charge in [0.15, 0.2) is 0 Å². The Hall–Kier alpha value is -0.150. The summed E-state index contributed by atoms with van der Waals surface area (Å²) in [6.07, 6.45) is 10.1. The molecule has 1 aromatic carbocycles. The van der Waals surface area contributed by atoms with Crippen LogP contribution in [0.1, 0.15) is 64.4 Å². The average Bonchev–Trinajstić information content (AvgIpc) is 2.53. The number of para-hydroxylation sites is 1. The van der Waals surface area contributed by atoms with E-state index in [1.807, 2.05) is 18.2 Å². The minimum Gasteiger partial charge on any atom is -0.872 e. The van der Waals surface area contributed by atoms with Crippen molar-refractivity contribution in [3.63, 3.8) is 0 Å². The van der Waals surface area contributed by atoms with E-state index in [0.717, 1.165) is 18.4 Å². The fourth-order valence-electron chi connectivity index (χ4n) is 2.09. The predicted molar refractivity (Wildman–Crippen MR) is 91.8 cm³/mol. The quantitative estimate of drug-likeness (QED) is 0.199. The fraction of sp³-hybridized carbons (Fsp3) is 0.647. The molecule has 1 rings (SSSR count). The van der Waals surface area contributed by atoms with Gasteiger partial charge in [0.2, 0.25) is 0 Å². The van der Waals surface area contributed by atoms with Gasteiger partial charge in [-0.05, 0) is 19.8 Å². The minimum absolute atomic E-state index is 0. The molecule has 0 atom stereocenters. The molecule has 8 heteroatoms. The van der Waals surface area contributed by atoms with Crippen molar-refractivity contribution in [3.05, 3.63) is 29.8 Å². The summed E-state index contributed by atoms with van der Waals surface area (Å²) in [7, 11) is -4.41. The Bertz CT molecular complexity index is 522. The molecule has 0 amide bonds. The summed E-state index contributed by atoms with van der Waals surface area (Å²) in [5.74, 6) is 0.202. The first-order valence-electron chi connectivity index (χ1n) is 8.44. The van der Waals surface area contributed by atoms with Crippen molar-refractivity contribution in [2.24, 2.45) is 0 Å². The van der Waals surface area contributed by atoms with E-state index in [2.05, 4.69) is 16.1 Å². The summed E-state index contributed by atoms with van der Waals surface area (Å²) in [6.45, 7) is 3.83. The van der Waals surface area contributed by atoms with E-state index in [4.69, 9.17) is 4.55 Å². The zero-order valence-corrected chi connectivity index (χ0v) is 18.4. The summed E-state index contributed by atoms with van der Waals surface area (Å²) in [5.41, 5.74) is 0.982. The molecular formula is C17H29NaO6S. The molecule has 0 aromatic heterocycles. The van der Waals surface area contributed by atoms with Crippen molar-refractivity contribution < 1.29 is 56.9 Å². The van der Waals surface area contributed by atoms with Gasteiger partial charge in [0.05, 0.1) is 6.61 Å². The zero-order chi connectivity index (χ0) is 18.3. The number of rotatable bonds is 11. The van der Waals surface area contributed by atoms with Crippen LogP contribution in [0.2, 0.25) is 0 Å². The van der Waals surface area contributed by atoms with Crippen molar-refractivity contribution >= 4 is 10.4 Å². The van der Waals surface area contributed by atoms with Crippen LogP contribution in [0.5, 0.6) is 5.75 Å². The molecule has 0 bridgehead atoms. The van der Waals surface area contributed by atoms with Gasteiger partial charge in [-0.25, -0.2) is 4.89 Å². The molecule has 0 unspecified atom stereocenters. The third-order valence-corrected chi connectivity index (χ3v) is 3.54. The Kier molecular flexibility index (Phi) is 18.7. The van der Waals surface area contributed by atoms with E-state index in [0.29, 0.717) is 0 Å². The molecule has 0 aliphatic carbocycles. The fourth-order valence-corrected chi connectivity index (χ4v) is 2.31. The van der Waals surface area contributed by atoms with Gasteiger partial charge < -0.3 is 5.11 Å². The van der Waals surface area contributed by atoms with E-state index in [-0.39, 0.29) is 41.9 Å². The van der Waals surface area contributed by atoms with Crippen LogP contribution < -0.4 is 34.7 Å². The Morgan fingerprint density at radius 1 is 1.00 bits per heavy atom. The normalized spacial score (nSPS) is 10.5. The van der Waals surface area contributed by atoms with Crippen molar-refractivity contribution in [1.82, 2.24) is 0 Å². The van der Waals surface area contributed by atoms with E-state index >= 15 is 0 Å². The Morgan fingerprint density at radius 3 is 2.04 bits per heavy atom. The molecular weight excluding hydrogens is 355 g/mol. The molecule has 0 radical (unpaired) electrons. The predicted octanol–water partition coefficient (Wildman–Crippen LogP) is 0.815. The van der Waals surface area contributed by atoms with Gasteiger partial charge in [0.1, 0.15) is 0 Å². The molecule has 0 aliphatic heterocycles. The Morgan fingerprint density at radius 2 is 1.56 bits per heavy atom. The summed E-state index contributed by atoms with van der Waals surface area (Å²) in [4.78, 5) is 3.86. The first-order chi connectivity index (χ1) is 11.4. The number of unbranched alkanes of at least 4 members (excludes halogenated alkanes) is 6. The molecule has 0 saturated carbocycles. The van der Waals surface area contributed by atoms with Crippen LogP contribution in [0.25, 0.3) is 0 Å². The van der Waals surface area contributed by atoms with Gasteiger partial charge in [-0.3, -0.25) is 4.55 Å². The van der Waals surface area contributed by atoms with Crippen LogP contribution in [0.15, 0.2) is 24.3 Å². The van der Waals surface area contributed by atoms with Gasteiger partial charge in [-0.1, -0.05) is 79.6 Å². The van der Waals surface area contributed by atoms with Crippen molar-refractivity contribution in [2.75, 3.05) is 6.61 Å². The van der Waals surface area contributed by atoms with Gasteiger partial charge in [-0.15, -0.1) is 5.75 Å². The van der Waals surface area contributed by atoms with Crippen LogP contribution >= 0.6 is 0 Å². The van der Waals surface area contributed by atoms with Gasteiger partial charge in [0, 0.05) is 0 Å². The van der Waals surface area contributed by atoms with Gasteiger partial charge in [0.25, 0.3) is 0 Å². The summed E-state index contributed by atoms with van der Waals surface area (Å²) in [5, 5.41) is 11.4. The Labute approximate surface area is 174 Å². The number of aryl methyl sites for hydroxylation is 1. The third kappa shape index (κ3) is 18.4. The molecule has 0 fully saturated rings. The minimum atomic E-state index is -4.41. The van der Waals surface area contributed by atoms with E-state index in [1.165, 1.54) is 45.4 Å². The van der Waals surface area contributed by atoms with E-state index in [1.54, 1.807) is 6.07 Å². The molecule has 6 nitrogen and oxygen atoms in total. The maximum Gasteiger partial charge on any atom is 1.00 e. The maximum absolute atomic E-state index is 11.4. The zero-order valence-electron chi connectivity index (χ0n) is 15.6.